The first-order chi connectivity index (χ1) is 10.9. The number of aryl methyl sites for hydroxylation is 2. The molecule has 0 unspecified atom stereocenters. The Balaban J connectivity index is 2.01. The largest absolute Gasteiger partial charge is 0.0622 e. The van der Waals surface area contributed by atoms with Gasteiger partial charge in [-0.15, -0.1) is 0 Å². The minimum absolute atomic E-state index is 0.372. The van der Waals surface area contributed by atoms with Gasteiger partial charge in [-0.05, 0) is 47.7 Å². The third-order valence-corrected chi connectivity index (χ3v) is 3.54. The Bertz CT molecular complexity index is 801. The van der Waals surface area contributed by atoms with E-state index in [0.717, 1.165) is 11.1 Å². The van der Waals surface area contributed by atoms with E-state index in [9.17, 15) is 0 Å². The summed E-state index contributed by atoms with van der Waals surface area (Å²) in [7, 11) is 0. The quantitative estimate of drug-likeness (QED) is 0.560. The lowest BCUT2D eigenvalue weighted by molar-refractivity contribution is 1.44. The van der Waals surface area contributed by atoms with Gasteiger partial charge in [-0.25, -0.2) is 0 Å². The molecule has 0 amide bonds. The van der Waals surface area contributed by atoms with Crippen molar-refractivity contribution in [3.8, 4) is 22.3 Å². The molecular weight excluding hydrogens is 240 g/mol. The number of rotatable bonds is 2. The van der Waals surface area contributed by atoms with E-state index >= 15 is 0 Å². The molecule has 0 bridgehead atoms. The minimum atomic E-state index is -2.05. The van der Waals surface area contributed by atoms with Gasteiger partial charge in [0.15, 0.2) is 0 Å². The molecule has 0 aromatic heterocycles. The van der Waals surface area contributed by atoms with E-state index < -0.39 is 6.85 Å². The van der Waals surface area contributed by atoms with Gasteiger partial charge in [-0.3, -0.25) is 0 Å². The molecule has 0 N–H and O–H groups in total. The smallest absolute Gasteiger partial charge is 0.0280 e. The van der Waals surface area contributed by atoms with Crippen molar-refractivity contribution in [1.82, 2.24) is 0 Å². The van der Waals surface area contributed by atoms with Gasteiger partial charge in [0.05, 0.1) is 0 Å². The van der Waals surface area contributed by atoms with Crippen LogP contribution in [0.2, 0.25) is 0 Å². The lowest BCUT2D eigenvalue weighted by atomic mass is 9.95. The van der Waals surface area contributed by atoms with E-state index in [4.69, 9.17) is 4.11 Å². The van der Waals surface area contributed by atoms with Gasteiger partial charge >= 0.3 is 0 Å². The highest BCUT2D eigenvalue weighted by Gasteiger charge is 2.04. The molecule has 0 saturated heterocycles. The summed E-state index contributed by atoms with van der Waals surface area (Å²) in [6.07, 6.45) is 0. The molecule has 0 heterocycles. The maximum Gasteiger partial charge on any atom is 0.0280 e. The minimum Gasteiger partial charge on any atom is -0.0622 e. The summed E-state index contributed by atoms with van der Waals surface area (Å²) in [5, 5.41) is 0. The highest BCUT2D eigenvalue weighted by molar-refractivity contribution is 5.75. The van der Waals surface area contributed by atoms with E-state index in [0.29, 0.717) is 5.56 Å². The van der Waals surface area contributed by atoms with Crippen LogP contribution in [0.5, 0.6) is 0 Å². The molecule has 3 aromatic carbocycles. The van der Waals surface area contributed by atoms with Gasteiger partial charge in [-0.2, -0.15) is 0 Å². The summed E-state index contributed by atoms with van der Waals surface area (Å²) < 4.78 is 22.4. The first-order valence-electron chi connectivity index (χ1n) is 8.22. The lowest BCUT2D eigenvalue weighted by Crippen LogP contribution is -1.86. The van der Waals surface area contributed by atoms with Gasteiger partial charge in [0.25, 0.3) is 0 Å². The average Bonchev–Trinajstić information content (AvgIpc) is 2.55. The molecule has 0 spiro atoms. The fourth-order valence-corrected chi connectivity index (χ4v) is 2.39. The van der Waals surface area contributed by atoms with E-state index in [1.54, 1.807) is 12.1 Å². The van der Waals surface area contributed by atoms with E-state index in [-0.39, 0.29) is 0 Å². The van der Waals surface area contributed by atoms with Crippen LogP contribution in [0.3, 0.4) is 0 Å². The van der Waals surface area contributed by atoms with Crippen molar-refractivity contribution >= 4 is 0 Å². The molecule has 0 aliphatic carbocycles. The first kappa shape index (κ1) is 9.55. The second-order valence-corrected chi connectivity index (χ2v) is 4.97. The molecule has 0 heteroatoms. The van der Waals surface area contributed by atoms with Gasteiger partial charge < -0.3 is 0 Å². The number of benzene rings is 3. The first-order valence-corrected chi connectivity index (χ1v) is 6.72. The SMILES string of the molecule is [2H]C([2H])([2H])c1ccc(-c2ccc(C)c(-c3ccccc3)c2)cc1. The summed E-state index contributed by atoms with van der Waals surface area (Å²) in [5.41, 5.74) is 6.09. The van der Waals surface area contributed by atoms with E-state index in [2.05, 4.69) is 37.3 Å². The highest BCUT2D eigenvalue weighted by Crippen LogP contribution is 2.29. The third-order valence-electron chi connectivity index (χ3n) is 3.54. The monoisotopic (exact) mass is 261 g/mol. The Hall–Kier alpha value is -2.34. The van der Waals surface area contributed by atoms with Crippen LogP contribution in [0.4, 0.5) is 0 Å². The van der Waals surface area contributed by atoms with Crippen molar-refractivity contribution in [3.05, 3.63) is 83.9 Å². The Morgan fingerprint density at radius 1 is 0.700 bits per heavy atom. The molecule has 0 fully saturated rings. The predicted molar refractivity (Wildman–Crippen MR) is 86.8 cm³/mol. The molecule has 0 aliphatic rings. The summed E-state index contributed by atoms with van der Waals surface area (Å²) >= 11 is 0. The van der Waals surface area contributed by atoms with Crippen LogP contribution in [-0.2, 0) is 0 Å². The van der Waals surface area contributed by atoms with Crippen molar-refractivity contribution in [3.63, 3.8) is 0 Å². The Kier molecular flexibility index (Phi) is 2.55. The van der Waals surface area contributed by atoms with Gasteiger partial charge in [-0.1, -0.05) is 72.3 Å². The standard InChI is InChI=1S/C20H18/c1-15-8-11-17(12-9-15)19-13-10-16(2)20(14-19)18-6-4-3-5-7-18/h3-14H,1-2H3/i1D3. The number of hydrogen-bond acceptors (Lipinski definition) is 0. The summed E-state index contributed by atoms with van der Waals surface area (Å²) in [6.45, 7) is 0.0465. The van der Waals surface area contributed by atoms with Crippen LogP contribution < -0.4 is 0 Å². The Morgan fingerprint density at radius 3 is 2.10 bits per heavy atom. The third kappa shape index (κ3) is 2.50. The van der Waals surface area contributed by atoms with Gasteiger partial charge in [0.1, 0.15) is 0 Å². The topological polar surface area (TPSA) is 0 Å². The van der Waals surface area contributed by atoms with Gasteiger partial charge in [0.2, 0.25) is 0 Å². The van der Waals surface area contributed by atoms with Crippen molar-refractivity contribution in [1.29, 1.82) is 0 Å². The fourth-order valence-electron chi connectivity index (χ4n) is 2.39. The molecule has 0 nitrogen and oxygen atoms in total. The molecule has 20 heavy (non-hydrogen) atoms. The van der Waals surface area contributed by atoms with Crippen LogP contribution in [-0.4, -0.2) is 0 Å². The zero-order valence-electron chi connectivity index (χ0n) is 14.4. The van der Waals surface area contributed by atoms with Crippen molar-refractivity contribution in [2.45, 2.75) is 13.8 Å². The van der Waals surface area contributed by atoms with Crippen molar-refractivity contribution < 1.29 is 4.11 Å². The normalized spacial score (nSPS) is 13.3. The average molecular weight is 261 g/mol. The van der Waals surface area contributed by atoms with Crippen molar-refractivity contribution in [2.24, 2.45) is 0 Å². The molecule has 0 saturated carbocycles. The molecule has 3 rings (SSSR count). The number of hydrogen-bond donors (Lipinski definition) is 0. The van der Waals surface area contributed by atoms with E-state index in [1.807, 2.05) is 30.3 Å². The molecular formula is C20H18. The fraction of sp³-hybridized carbons (Fsp3) is 0.100. The Morgan fingerprint density at radius 2 is 1.40 bits per heavy atom. The van der Waals surface area contributed by atoms with E-state index in [1.165, 1.54) is 16.7 Å². The second-order valence-electron chi connectivity index (χ2n) is 4.97. The summed E-state index contributed by atoms with van der Waals surface area (Å²) in [5.74, 6) is 0. The summed E-state index contributed by atoms with van der Waals surface area (Å²) in [6, 6.07) is 23.7. The van der Waals surface area contributed by atoms with Crippen LogP contribution in [0.1, 0.15) is 15.2 Å². The van der Waals surface area contributed by atoms with Gasteiger partial charge in [0, 0.05) is 4.11 Å². The maximum atomic E-state index is 7.46. The van der Waals surface area contributed by atoms with Crippen LogP contribution >= 0.6 is 0 Å². The molecule has 0 atom stereocenters. The molecule has 0 aliphatic heterocycles. The highest BCUT2D eigenvalue weighted by atomic mass is 14.1. The zero-order chi connectivity index (χ0) is 16.4. The maximum absolute atomic E-state index is 7.46. The van der Waals surface area contributed by atoms with Crippen LogP contribution in [0.25, 0.3) is 22.3 Å². The van der Waals surface area contributed by atoms with Crippen molar-refractivity contribution in [2.75, 3.05) is 0 Å². The summed E-state index contributed by atoms with van der Waals surface area (Å²) in [4.78, 5) is 0. The second kappa shape index (κ2) is 5.34. The predicted octanol–water partition coefficient (Wildman–Crippen LogP) is 5.64. The lowest BCUT2D eigenvalue weighted by Gasteiger charge is -2.10. The Labute approximate surface area is 124 Å². The zero-order valence-corrected chi connectivity index (χ0v) is 11.4. The molecule has 0 radical (unpaired) electrons. The van der Waals surface area contributed by atoms with Crippen LogP contribution in [0, 0.1) is 13.8 Å². The van der Waals surface area contributed by atoms with Crippen LogP contribution in [0.15, 0.2) is 72.8 Å². The molecule has 3 aromatic rings. The molecule has 98 valence electrons.